The number of hydrogen-bond acceptors (Lipinski definition) is 2. The Morgan fingerprint density at radius 1 is 0.739 bits per heavy atom. The first-order chi connectivity index (χ1) is 11.3. The minimum Gasteiger partial charge on any atom is -0.457 e. The maximum Gasteiger partial charge on any atom is 0.251 e. The van der Waals surface area contributed by atoms with Gasteiger partial charge in [-0.05, 0) is 42.0 Å². The number of amides is 1. The molecular weight excluding hydrogens is 286 g/mol. The Balaban J connectivity index is 1.59. The second-order valence-corrected chi connectivity index (χ2v) is 5.11. The molecule has 0 bridgehead atoms. The Labute approximate surface area is 135 Å². The van der Waals surface area contributed by atoms with Crippen LogP contribution in [-0.2, 0) is 6.54 Å². The van der Waals surface area contributed by atoms with Crippen LogP contribution in [-0.4, -0.2) is 5.91 Å². The molecule has 3 aromatic rings. The molecule has 0 aliphatic carbocycles. The third-order valence-corrected chi connectivity index (χ3v) is 3.39. The fraction of sp³-hybridized carbons (Fsp3) is 0.0500. The van der Waals surface area contributed by atoms with Crippen molar-refractivity contribution in [1.82, 2.24) is 5.32 Å². The predicted molar refractivity (Wildman–Crippen MR) is 90.6 cm³/mol. The molecule has 0 heterocycles. The van der Waals surface area contributed by atoms with Crippen LogP contribution in [0.25, 0.3) is 0 Å². The van der Waals surface area contributed by atoms with Crippen molar-refractivity contribution in [2.75, 3.05) is 0 Å². The molecule has 0 aliphatic rings. The van der Waals surface area contributed by atoms with Crippen molar-refractivity contribution in [3.8, 4) is 11.5 Å². The third-order valence-electron chi connectivity index (χ3n) is 3.39. The summed E-state index contributed by atoms with van der Waals surface area (Å²) in [4.78, 5) is 12.1. The van der Waals surface area contributed by atoms with E-state index in [1.54, 1.807) is 24.3 Å². The summed E-state index contributed by atoms with van der Waals surface area (Å²) in [5, 5.41) is 2.90. The maximum atomic E-state index is 12.1. The summed E-state index contributed by atoms with van der Waals surface area (Å²) in [5.41, 5.74) is 1.69. The van der Waals surface area contributed by atoms with Gasteiger partial charge >= 0.3 is 0 Å². The molecule has 0 aromatic heterocycles. The van der Waals surface area contributed by atoms with Crippen molar-refractivity contribution in [2.24, 2.45) is 0 Å². The van der Waals surface area contributed by atoms with E-state index in [0.717, 1.165) is 11.3 Å². The van der Waals surface area contributed by atoms with Gasteiger partial charge in [0, 0.05) is 12.1 Å². The van der Waals surface area contributed by atoms with Gasteiger partial charge < -0.3 is 10.1 Å². The molecular formula is C20H17NO2. The molecule has 0 radical (unpaired) electrons. The minimum absolute atomic E-state index is 0.0971. The summed E-state index contributed by atoms with van der Waals surface area (Å²) in [7, 11) is 0. The SMILES string of the molecule is O=C(NCc1ccccc1)c1ccc(Oc2ccccc2)cc1. The molecule has 3 rings (SSSR count). The first-order valence-corrected chi connectivity index (χ1v) is 7.46. The average Bonchev–Trinajstić information content (AvgIpc) is 2.62. The zero-order chi connectivity index (χ0) is 15.9. The van der Waals surface area contributed by atoms with Gasteiger partial charge in [-0.15, -0.1) is 0 Å². The van der Waals surface area contributed by atoms with Crippen LogP contribution in [0.15, 0.2) is 84.9 Å². The summed E-state index contributed by atoms with van der Waals surface area (Å²) in [6, 6.07) is 26.5. The van der Waals surface area contributed by atoms with Crippen molar-refractivity contribution >= 4 is 5.91 Å². The van der Waals surface area contributed by atoms with E-state index in [1.807, 2.05) is 60.7 Å². The van der Waals surface area contributed by atoms with Crippen molar-refractivity contribution in [3.05, 3.63) is 96.1 Å². The molecule has 0 fully saturated rings. The lowest BCUT2D eigenvalue weighted by molar-refractivity contribution is 0.0951. The van der Waals surface area contributed by atoms with Crippen molar-refractivity contribution in [3.63, 3.8) is 0 Å². The fourth-order valence-electron chi connectivity index (χ4n) is 2.18. The number of benzene rings is 3. The number of para-hydroxylation sites is 1. The Morgan fingerprint density at radius 3 is 1.96 bits per heavy atom. The molecule has 0 saturated carbocycles. The predicted octanol–water partition coefficient (Wildman–Crippen LogP) is 4.41. The molecule has 0 aliphatic heterocycles. The molecule has 3 nitrogen and oxygen atoms in total. The van der Waals surface area contributed by atoms with Crippen LogP contribution in [0.2, 0.25) is 0 Å². The standard InChI is InChI=1S/C20H17NO2/c22-20(21-15-16-7-3-1-4-8-16)17-11-13-19(14-12-17)23-18-9-5-2-6-10-18/h1-14H,15H2,(H,21,22). The van der Waals surface area contributed by atoms with Crippen molar-refractivity contribution < 1.29 is 9.53 Å². The number of ether oxygens (including phenoxy) is 1. The number of hydrogen-bond donors (Lipinski definition) is 1. The molecule has 114 valence electrons. The Kier molecular flexibility index (Phi) is 4.69. The topological polar surface area (TPSA) is 38.3 Å². The maximum absolute atomic E-state index is 12.1. The van der Waals surface area contributed by atoms with Crippen LogP contribution in [0.4, 0.5) is 0 Å². The largest absolute Gasteiger partial charge is 0.457 e. The van der Waals surface area contributed by atoms with Gasteiger partial charge in [0.1, 0.15) is 11.5 Å². The fourth-order valence-corrected chi connectivity index (χ4v) is 2.18. The third kappa shape index (κ3) is 4.20. The lowest BCUT2D eigenvalue weighted by Gasteiger charge is -2.08. The minimum atomic E-state index is -0.0971. The zero-order valence-electron chi connectivity index (χ0n) is 12.6. The Hall–Kier alpha value is -3.07. The lowest BCUT2D eigenvalue weighted by atomic mass is 10.2. The smallest absolute Gasteiger partial charge is 0.251 e. The second-order valence-electron chi connectivity index (χ2n) is 5.11. The van der Waals surface area contributed by atoms with Gasteiger partial charge in [-0.2, -0.15) is 0 Å². The van der Waals surface area contributed by atoms with Gasteiger partial charge in [0.15, 0.2) is 0 Å². The number of nitrogens with one attached hydrogen (secondary N) is 1. The molecule has 3 aromatic carbocycles. The van der Waals surface area contributed by atoms with Crippen LogP contribution in [0, 0.1) is 0 Å². The molecule has 3 heteroatoms. The number of rotatable bonds is 5. The van der Waals surface area contributed by atoms with Crippen molar-refractivity contribution in [2.45, 2.75) is 6.54 Å². The van der Waals surface area contributed by atoms with Gasteiger partial charge in [-0.1, -0.05) is 48.5 Å². The quantitative estimate of drug-likeness (QED) is 0.758. The zero-order valence-corrected chi connectivity index (χ0v) is 12.6. The van der Waals surface area contributed by atoms with E-state index in [1.165, 1.54) is 0 Å². The van der Waals surface area contributed by atoms with Gasteiger partial charge in [-0.3, -0.25) is 4.79 Å². The highest BCUT2D eigenvalue weighted by molar-refractivity contribution is 5.94. The molecule has 0 atom stereocenters. The number of carbonyl (C=O) groups excluding carboxylic acids is 1. The molecule has 0 spiro atoms. The summed E-state index contributed by atoms with van der Waals surface area (Å²) >= 11 is 0. The summed E-state index contributed by atoms with van der Waals surface area (Å²) in [5.74, 6) is 1.38. The summed E-state index contributed by atoms with van der Waals surface area (Å²) < 4.78 is 5.71. The highest BCUT2D eigenvalue weighted by Gasteiger charge is 2.05. The molecule has 0 saturated heterocycles. The second kappa shape index (κ2) is 7.27. The summed E-state index contributed by atoms with van der Waals surface area (Å²) in [6.07, 6.45) is 0. The van der Waals surface area contributed by atoms with E-state index in [4.69, 9.17) is 4.74 Å². The average molecular weight is 303 g/mol. The van der Waals surface area contributed by atoms with Crippen LogP contribution < -0.4 is 10.1 Å². The van der Waals surface area contributed by atoms with E-state index in [9.17, 15) is 4.79 Å². The van der Waals surface area contributed by atoms with E-state index in [-0.39, 0.29) is 5.91 Å². The van der Waals surface area contributed by atoms with E-state index in [2.05, 4.69) is 5.32 Å². The molecule has 23 heavy (non-hydrogen) atoms. The van der Waals surface area contributed by atoms with Crippen LogP contribution >= 0.6 is 0 Å². The monoisotopic (exact) mass is 303 g/mol. The summed E-state index contributed by atoms with van der Waals surface area (Å²) in [6.45, 7) is 0.516. The number of carbonyl (C=O) groups is 1. The molecule has 1 amide bonds. The Morgan fingerprint density at radius 2 is 1.30 bits per heavy atom. The first-order valence-electron chi connectivity index (χ1n) is 7.46. The van der Waals surface area contributed by atoms with Gasteiger partial charge in [0.2, 0.25) is 0 Å². The molecule has 1 N–H and O–H groups in total. The normalized spacial score (nSPS) is 10.1. The highest BCUT2D eigenvalue weighted by Crippen LogP contribution is 2.21. The lowest BCUT2D eigenvalue weighted by Crippen LogP contribution is -2.22. The molecule has 0 unspecified atom stereocenters. The van der Waals surface area contributed by atoms with Gasteiger partial charge in [0.25, 0.3) is 5.91 Å². The highest BCUT2D eigenvalue weighted by atomic mass is 16.5. The van der Waals surface area contributed by atoms with E-state index < -0.39 is 0 Å². The van der Waals surface area contributed by atoms with Crippen molar-refractivity contribution in [1.29, 1.82) is 0 Å². The van der Waals surface area contributed by atoms with Crippen LogP contribution in [0.3, 0.4) is 0 Å². The van der Waals surface area contributed by atoms with Crippen LogP contribution in [0.5, 0.6) is 11.5 Å². The Bertz CT molecular complexity index is 753. The first kappa shape index (κ1) is 14.9. The van der Waals surface area contributed by atoms with E-state index >= 15 is 0 Å². The van der Waals surface area contributed by atoms with Crippen LogP contribution in [0.1, 0.15) is 15.9 Å². The van der Waals surface area contributed by atoms with Gasteiger partial charge in [-0.25, -0.2) is 0 Å². The van der Waals surface area contributed by atoms with E-state index in [0.29, 0.717) is 17.9 Å². The van der Waals surface area contributed by atoms with Gasteiger partial charge in [0.05, 0.1) is 0 Å².